The Hall–Kier alpha value is -2.94. The molecule has 1 fully saturated rings. The van der Waals surface area contributed by atoms with Crippen molar-refractivity contribution in [3.8, 4) is 0 Å². The molecule has 0 unspecified atom stereocenters. The van der Waals surface area contributed by atoms with Crippen molar-refractivity contribution in [2.45, 2.75) is 37.8 Å². The summed E-state index contributed by atoms with van der Waals surface area (Å²) in [7, 11) is 1.87. The molecule has 28 heavy (non-hydrogen) atoms. The van der Waals surface area contributed by atoms with E-state index in [1.165, 1.54) is 6.08 Å². The minimum atomic E-state index is -0.0988. The number of rotatable bonds is 6. The van der Waals surface area contributed by atoms with E-state index in [1.54, 1.807) is 22.2 Å². The van der Waals surface area contributed by atoms with Crippen molar-refractivity contribution in [3.63, 3.8) is 0 Å². The van der Waals surface area contributed by atoms with Gasteiger partial charge < -0.3 is 16.0 Å². The van der Waals surface area contributed by atoms with E-state index in [0.717, 1.165) is 47.4 Å². The monoisotopic (exact) mass is 397 g/mol. The van der Waals surface area contributed by atoms with Gasteiger partial charge in [-0.25, -0.2) is 4.98 Å². The summed E-state index contributed by atoms with van der Waals surface area (Å²) in [4.78, 5) is 21.7. The number of hydrogen-bond donors (Lipinski definition) is 3. The molecule has 8 nitrogen and oxygen atoms in total. The van der Waals surface area contributed by atoms with Crippen LogP contribution in [0.4, 0.5) is 17.5 Å². The zero-order chi connectivity index (χ0) is 19.5. The lowest BCUT2D eigenvalue weighted by Crippen LogP contribution is -2.39. The third-order valence-corrected chi connectivity index (χ3v) is 5.69. The summed E-state index contributed by atoms with van der Waals surface area (Å²) in [5, 5.41) is 17.0. The number of anilines is 3. The lowest BCUT2D eigenvalue weighted by Gasteiger charge is -2.30. The fourth-order valence-corrected chi connectivity index (χ4v) is 4.24. The van der Waals surface area contributed by atoms with Crippen LogP contribution >= 0.6 is 11.3 Å². The molecule has 1 aliphatic carbocycles. The summed E-state index contributed by atoms with van der Waals surface area (Å²) in [5.41, 5.74) is 0.850. The molecule has 0 aliphatic heterocycles. The third kappa shape index (κ3) is 4.14. The molecule has 1 saturated carbocycles. The van der Waals surface area contributed by atoms with E-state index >= 15 is 0 Å². The highest BCUT2D eigenvalue weighted by atomic mass is 32.1. The molecule has 9 heteroatoms. The summed E-state index contributed by atoms with van der Waals surface area (Å²) in [6, 6.07) is 2.59. The van der Waals surface area contributed by atoms with Gasteiger partial charge in [-0.05, 0) is 43.2 Å². The van der Waals surface area contributed by atoms with Crippen molar-refractivity contribution in [2.24, 2.45) is 7.05 Å². The highest BCUT2D eigenvalue weighted by molar-refractivity contribution is 7.16. The van der Waals surface area contributed by atoms with E-state index < -0.39 is 0 Å². The predicted molar refractivity (Wildman–Crippen MR) is 112 cm³/mol. The van der Waals surface area contributed by atoms with Gasteiger partial charge in [-0.15, -0.1) is 11.3 Å². The number of nitrogens with one attached hydrogen (secondary N) is 3. The Labute approximate surface area is 167 Å². The molecule has 4 rings (SSSR count). The van der Waals surface area contributed by atoms with Crippen molar-refractivity contribution in [2.75, 3.05) is 10.6 Å². The van der Waals surface area contributed by atoms with E-state index in [0.29, 0.717) is 12.0 Å². The number of amides is 1. The van der Waals surface area contributed by atoms with Crippen LogP contribution in [0, 0.1) is 0 Å². The molecule has 1 aliphatic rings. The Bertz CT molecular complexity index is 987. The molecule has 1 amide bonds. The first-order chi connectivity index (χ1) is 13.6. The van der Waals surface area contributed by atoms with Crippen LogP contribution in [0.3, 0.4) is 0 Å². The highest BCUT2D eigenvalue weighted by Gasteiger charge is 2.23. The van der Waals surface area contributed by atoms with Crippen LogP contribution in [-0.2, 0) is 11.8 Å². The average molecular weight is 398 g/mol. The molecule has 0 bridgehead atoms. The van der Waals surface area contributed by atoms with E-state index in [4.69, 9.17) is 4.98 Å². The molecule has 3 heterocycles. The third-order valence-electron chi connectivity index (χ3n) is 4.89. The van der Waals surface area contributed by atoms with Gasteiger partial charge in [-0.3, -0.25) is 9.48 Å². The van der Waals surface area contributed by atoms with Crippen molar-refractivity contribution in [1.29, 1.82) is 0 Å². The normalized spacial score (nSPS) is 19.3. The average Bonchev–Trinajstić information content (AvgIpc) is 3.32. The zero-order valence-corrected chi connectivity index (χ0v) is 16.5. The van der Waals surface area contributed by atoms with E-state index in [-0.39, 0.29) is 11.9 Å². The SMILES string of the molecule is C=CC(=O)NC1CCC(Nc2nc(Nc3cnn(C)c3)nc3sccc23)CC1. The Morgan fingerprint density at radius 2 is 2.07 bits per heavy atom. The van der Waals surface area contributed by atoms with Crippen LogP contribution in [0.5, 0.6) is 0 Å². The second-order valence-electron chi connectivity index (χ2n) is 6.97. The van der Waals surface area contributed by atoms with Gasteiger partial charge in [0.2, 0.25) is 11.9 Å². The first-order valence-electron chi connectivity index (χ1n) is 9.31. The first kappa shape index (κ1) is 18.4. The standard InChI is InChI=1S/C19H23N7OS/c1-3-16(27)21-12-4-6-13(7-5-12)22-17-15-8-9-28-18(15)25-19(24-17)23-14-10-20-26(2)11-14/h3,8-13H,1,4-7H2,2H3,(H,21,27)(H2,22,23,24,25). The Morgan fingerprint density at radius 1 is 1.29 bits per heavy atom. The summed E-state index contributed by atoms with van der Waals surface area (Å²) >= 11 is 1.59. The maximum absolute atomic E-state index is 11.5. The number of hydrogen-bond acceptors (Lipinski definition) is 7. The van der Waals surface area contributed by atoms with Crippen LogP contribution in [0.2, 0.25) is 0 Å². The summed E-state index contributed by atoms with van der Waals surface area (Å²) in [5.74, 6) is 1.30. The van der Waals surface area contributed by atoms with Crippen molar-refractivity contribution in [3.05, 3.63) is 36.5 Å². The molecule has 0 aromatic carbocycles. The fraction of sp³-hybridized carbons (Fsp3) is 0.368. The second kappa shape index (κ2) is 7.97. The zero-order valence-electron chi connectivity index (χ0n) is 15.7. The molecule has 0 saturated heterocycles. The van der Waals surface area contributed by atoms with Crippen molar-refractivity contribution < 1.29 is 4.79 Å². The number of fused-ring (bicyclic) bond motifs is 1. The van der Waals surface area contributed by atoms with Gasteiger partial charge in [0.15, 0.2) is 0 Å². The highest BCUT2D eigenvalue weighted by Crippen LogP contribution is 2.30. The van der Waals surface area contributed by atoms with Gasteiger partial charge >= 0.3 is 0 Å². The van der Waals surface area contributed by atoms with Crippen LogP contribution in [0.1, 0.15) is 25.7 Å². The van der Waals surface area contributed by atoms with Crippen molar-refractivity contribution >= 4 is 44.9 Å². The molecule has 3 aromatic heterocycles. The molecule has 146 valence electrons. The summed E-state index contributed by atoms with van der Waals surface area (Å²) < 4.78 is 1.73. The van der Waals surface area contributed by atoms with Crippen LogP contribution in [0.15, 0.2) is 36.5 Å². The summed E-state index contributed by atoms with van der Waals surface area (Å²) in [6.45, 7) is 3.51. The van der Waals surface area contributed by atoms with E-state index in [1.807, 2.05) is 24.7 Å². The molecule has 3 N–H and O–H groups in total. The minimum absolute atomic E-state index is 0.0988. The fourth-order valence-electron chi connectivity index (χ4n) is 3.47. The lowest BCUT2D eigenvalue weighted by atomic mass is 9.91. The molecule has 0 atom stereocenters. The number of aryl methyl sites for hydroxylation is 1. The number of carbonyl (C=O) groups excluding carboxylic acids is 1. The van der Waals surface area contributed by atoms with E-state index in [9.17, 15) is 4.79 Å². The number of aromatic nitrogens is 4. The maximum atomic E-state index is 11.5. The quantitative estimate of drug-likeness (QED) is 0.553. The Kier molecular flexibility index (Phi) is 5.25. The largest absolute Gasteiger partial charge is 0.367 e. The molecule has 0 radical (unpaired) electrons. The summed E-state index contributed by atoms with van der Waals surface area (Å²) in [6.07, 6.45) is 8.79. The van der Waals surface area contributed by atoms with Gasteiger partial charge in [0.1, 0.15) is 10.6 Å². The molecule has 0 spiro atoms. The minimum Gasteiger partial charge on any atom is -0.367 e. The molecular weight excluding hydrogens is 374 g/mol. The van der Waals surface area contributed by atoms with Gasteiger partial charge in [0, 0.05) is 25.3 Å². The van der Waals surface area contributed by atoms with E-state index in [2.05, 4.69) is 32.6 Å². The topological polar surface area (TPSA) is 96.8 Å². The Balaban J connectivity index is 1.47. The van der Waals surface area contributed by atoms with Gasteiger partial charge in [0.05, 0.1) is 17.3 Å². The Morgan fingerprint density at radius 3 is 2.79 bits per heavy atom. The number of thiophene rings is 1. The number of nitrogens with zero attached hydrogens (tertiary/aromatic N) is 4. The molecular formula is C19H23N7OS. The molecule has 3 aromatic rings. The van der Waals surface area contributed by atoms with Gasteiger partial charge in [-0.2, -0.15) is 10.1 Å². The first-order valence-corrected chi connectivity index (χ1v) is 10.2. The second-order valence-corrected chi connectivity index (χ2v) is 7.86. The van der Waals surface area contributed by atoms with Crippen LogP contribution in [-0.4, -0.2) is 37.7 Å². The van der Waals surface area contributed by atoms with Gasteiger partial charge in [0.25, 0.3) is 0 Å². The number of carbonyl (C=O) groups is 1. The predicted octanol–water partition coefficient (Wildman–Crippen LogP) is 3.19. The lowest BCUT2D eigenvalue weighted by molar-refractivity contribution is -0.117. The maximum Gasteiger partial charge on any atom is 0.243 e. The smallest absolute Gasteiger partial charge is 0.243 e. The van der Waals surface area contributed by atoms with Crippen molar-refractivity contribution in [1.82, 2.24) is 25.1 Å². The van der Waals surface area contributed by atoms with Crippen LogP contribution in [0.25, 0.3) is 10.2 Å². The van der Waals surface area contributed by atoms with Crippen LogP contribution < -0.4 is 16.0 Å². The van der Waals surface area contributed by atoms with Gasteiger partial charge in [-0.1, -0.05) is 6.58 Å².